The van der Waals surface area contributed by atoms with Crippen LogP contribution in [0.1, 0.15) is 95.5 Å². The summed E-state index contributed by atoms with van der Waals surface area (Å²) in [4.78, 5) is 13.2. The normalized spacial score (nSPS) is 25.8. The second kappa shape index (κ2) is 12.5. The van der Waals surface area contributed by atoms with Crippen LogP contribution in [0.25, 0.3) is 12.2 Å². The lowest BCUT2D eigenvalue weighted by atomic mass is 9.78. The molecule has 0 saturated carbocycles. The third-order valence-corrected chi connectivity index (χ3v) is 9.64. The number of unbranched alkanes of at least 4 members (excludes halogenated alkanes) is 1. The summed E-state index contributed by atoms with van der Waals surface area (Å²) in [5.74, 6) is 0.563. The quantitative estimate of drug-likeness (QED) is 0.216. The van der Waals surface area contributed by atoms with Crippen molar-refractivity contribution in [3.05, 3.63) is 105 Å². The van der Waals surface area contributed by atoms with Crippen molar-refractivity contribution in [2.45, 2.75) is 90.4 Å². The Balaban J connectivity index is 1.42. The van der Waals surface area contributed by atoms with Gasteiger partial charge in [0.25, 0.3) is 0 Å². The largest absolute Gasteiger partial charge is 0.374 e. The Morgan fingerprint density at radius 1 is 1.10 bits per heavy atom. The molecule has 4 heteroatoms. The van der Waals surface area contributed by atoms with Gasteiger partial charge in [-0.1, -0.05) is 99.2 Å². The number of allylic oxidation sites excluding steroid dienone is 7. The van der Waals surface area contributed by atoms with E-state index < -0.39 is 0 Å². The number of nitrogens with zero attached hydrogens (tertiary/aromatic N) is 3. The number of fused-ring (bicyclic) bond motifs is 1. The fourth-order valence-electron chi connectivity index (χ4n) is 6.65. The number of benzene rings is 1. The number of rotatable bonds is 10. The highest BCUT2D eigenvalue weighted by Gasteiger charge is 2.35. The van der Waals surface area contributed by atoms with Crippen molar-refractivity contribution in [1.29, 1.82) is 0 Å². The SMILES string of the molecule is C=C(N1CCC(c2ccccc2)C1)C1(C)C=c2nc(CCCC/C(C)=C\CC)c(C3(C)C=CC(Cl)=CC3)nc2=CC1. The molecule has 3 atom stereocenters. The summed E-state index contributed by atoms with van der Waals surface area (Å²) in [6.07, 6.45) is 21.7. The lowest BCUT2D eigenvalue weighted by molar-refractivity contribution is 0.334. The molecule has 3 aliphatic rings. The summed E-state index contributed by atoms with van der Waals surface area (Å²) in [6, 6.07) is 10.9. The smallest absolute Gasteiger partial charge is 0.0856 e. The highest BCUT2D eigenvalue weighted by atomic mass is 35.5. The maximum Gasteiger partial charge on any atom is 0.0856 e. The van der Waals surface area contributed by atoms with Crippen molar-refractivity contribution in [3.8, 4) is 0 Å². The van der Waals surface area contributed by atoms with Gasteiger partial charge < -0.3 is 4.90 Å². The van der Waals surface area contributed by atoms with Gasteiger partial charge >= 0.3 is 0 Å². The molecule has 0 N–H and O–H groups in total. The van der Waals surface area contributed by atoms with Crippen molar-refractivity contribution in [3.63, 3.8) is 0 Å². The molecule has 2 aromatic rings. The van der Waals surface area contributed by atoms with E-state index in [9.17, 15) is 0 Å². The molecule has 0 spiro atoms. The summed E-state index contributed by atoms with van der Waals surface area (Å²) in [5, 5.41) is 2.82. The predicted octanol–water partition coefficient (Wildman–Crippen LogP) is 7.86. The zero-order chi connectivity index (χ0) is 29.0. The van der Waals surface area contributed by atoms with E-state index >= 15 is 0 Å². The Kier molecular flexibility index (Phi) is 9.04. The van der Waals surface area contributed by atoms with Crippen molar-refractivity contribution in [2.24, 2.45) is 5.41 Å². The number of aryl methyl sites for hydroxylation is 1. The van der Waals surface area contributed by atoms with E-state index in [2.05, 4.69) is 99.9 Å². The molecule has 1 aliphatic heterocycles. The Morgan fingerprint density at radius 2 is 1.90 bits per heavy atom. The van der Waals surface area contributed by atoms with Gasteiger partial charge in [0.2, 0.25) is 0 Å². The predicted molar refractivity (Wildman–Crippen MR) is 174 cm³/mol. The van der Waals surface area contributed by atoms with Gasteiger partial charge in [-0.15, -0.1) is 0 Å². The fraction of sp³-hybridized carbons (Fsp3) is 0.459. The standard InChI is InChI=1S/C37H46ClN3/c1-6-12-27(2)13-10-11-16-33-35(36(4)21-17-31(38)18-22-36)40-32-19-23-37(5,25-34(32)39-33)28(3)41-24-20-30(26-41)29-14-8-7-9-15-29/h7-9,12,14-15,17-19,21,25,30H,3,6,10-11,13,16,20,22-24,26H2,1-2,4-5H3/b27-12-. The van der Waals surface area contributed by atoms with Gasteiger partial charge in [-0.25, -0.2) is 9.97 Å². The average molecular weight is 568 g/mol. The van der Waals surface area contributed by atoms with Crippen molar-refractivity contribution < 1.29 is 0 Å². The molecular formula is C37H46ClN3. The summed E-state index contributed by atoms with van der Waals surface area (Å²) in [7, 11) is 0. The summed E-state index contributed by atoms with van der Waals surface area (Å²) < 4.78 is 0. The average Bonchev–Trinajstić information content (AvgIpc) is 3.47. The van der Waals surface area contributed by atoms with Crippen LogP contribution in [0.5, 0.6) is 0 Å². The van der Waals surface area contributed by atoms with Gasteiger partial charge in [-0.05, 0) is 76.0 Å². The van der Waals surface area contributed by atoms with E-state index in [-0.39, 0.29) is 10.8 Å². The van der Waals surface area contributed by atoms with Gasteiger partial charge in [-0.3, -0.25) is 0 Å². The lowest BCUT2D eigenvalue weighted by Crippen LogP contribution is -2.43. The highest BCUT2D eigenvalue weighted by molar-refractivity contribution is 6.31. The van der Waals surface area contributed by atoms with Crippen LogP contribution in [0, 0.1) is 5.41 Å². The van der Waals surface area contributed by atoms with E-state index in [1.807, 2.05) is 6.08 Å². The zero-order valence-corrected chi connectivity index (χ0v) is 26.2. The highest BCUT2D eigenvalue weighted by Crippen LogP contribution is 2.40. The maximum atomic E-state index is 6.31. The minimum absolute atomic E-state index is 0.168. The minimum Gasteiger partial charge on any atom is -0.374 e. The Labute approximate surface area is 252 Å². The summed E-state index contributed by atoms with van der Waals surface area (Å²) in [6.45, 7) is 15.8. The van der Waals surface area contributed by atoms with Crippen molar-refractivity contribution in [2.75, 3.05) is 13.1 Å². The number of halogens is 1. The lowest BCUT2D eigenvalue weighted by Gasteiger charge is -2.36. The molecule has 1 aromatic heterocycles. The molecule has 2 heterocycles. The van der Waals surface area contributed by atoms with Crippen LogP contribution in [0.15, 0.2) is 77.5 Å². The van der Waals surface area contributed by atoms with Crippen LogP contribution in [0.4, 0.5) is 0 Å². The van der Waals surface area contributed by atoms with Crippen LogP contribution < -0.4 is 10.7 Å². The number of hydrogen-bond acceptors (Lipinski definition) is 3. The molecular weight excluding hydrogens is 522 g/mol. The second-order valence-corrected chi connectivity index (χ2v) is 13.2. The molecule has 3 nitrogen and oxygen atoms in total. The molecule has 1 aromatic carbocycles. The van der Waals surface area contributed by atoms with E-state index in [1.54, 1.807) is 0 Å². The van der Waals surface area contributed by atoms with Gasteiger partial charge in [-0.2, -0.15) is 0 Å². The molecule has 0 radical (unpaired) electrons. The Bertz CT molecular complexity index is 1480. The second-order valence-electron chi connectivity index (χ2n) is 12.8. The van der Waals surface area contributed by atoms with Gasteiger partial charge in [0.05, 0.1) is 22.1 Å². The molecule has 216 valence electrons. The van der Waals surface area contributed by atoms with Crippen molar-refractivity contribution >= 4 is 23.8 Å². The number of hydrogen-bond donors (Lipinski definition) is 0. The third kappa shape index (κ3) is 6.61. The molecule has 5 rings (SSSR count). The number of likely N-dealkylation sites (tertiary alicyclic amines) is 1. The fourth-order valence-corrected chi connectivity index (χ4v) is 6.79. The first kappa shape index (κ1) is 29.6. The van der Waals surface area contributed by atoms with E-state index in [4.69, 9.17) is 21.6 Å². The molecule has 1 fully saturated rings. The van der Waals surface area contributed by atoms with Gasteiger partial charge in [0.1, 0.15) is 0 Å². The van der Waals surface area contributed by atoms with Gasteiger partial charge in [0, 0.05) is 40.6 Å². The Morgan fingerprint density at radius 3 is 2.63 bits per heavy atom. The molecule has 3 unspecified atom stereocenters. The Hall–Kier alpha value is -2.91. The monoisotopic (exact) mass is 567 g/mol. The summed E-state index contributed by atoms with van der Waals surface area (Å²) in [5.41, 5.74) is 5.98. The molecule has 1 saturated heterocycles. The molecule has 2 aliphatic carbocycles. The molecule has 41 heavy (non-hydrogen) atoms. The maximum absolute atomic E-state index is 6.31. The van der Waals surface area contributed by atoms with Crippen LogP contribution in [0.2, 0.25) is 0 Å². The van der Waals surface area contributed by atoms with Crippen LogP contribution in [-0.4, -0.2) is 28.0 Å². The number of aromatic nitrogens is 2. The van der Waals surface area contributed by atoms with Crippen LogP contribution in [-0.2, 0) is 11.8 Å². The van der Waals surface area contributed by atoms with Crippen molar-refractivity contribution in [1.82, 2.24) is 14.9 Å². The minimum atomic E-state index is -0.200. The first-order chi connectivity index (χ1) is 19.7. The topological polar surface area (TPSA) is 29.0 Å². The van der Waals surface area contributed by atoms with Gasteiger partial charge in [0.15, 0.2) is 0 Å². The first-order valence-corrected chi connectivity index (χ1v) is 15.9. The van der Waals surface area contributed by atoms with Crippen LogP contribution in [0.3, 0.4) is 0 Å². The molecule has 0 bridgehead atoms. The van der Waals surface area contributed by atoms with E-state index in [1.165, 1.54) is 29.7 Å². The zero-order valence-electron chi connectivity index (χ0n) is 25.4. The molecule has 0 amide bonds. The summed E-state index contributed by atoms with van der Waals surface area (Å²) >= 11 is 6.31. The first-order valence-electron chi connectivity index (χ1n) is 15.5. The van der Waals surface area contributed by atoms with Crippen LogP contribution >= 0.6 is 11.6 Å². The third-order valence-electron chi connectivity index (χ3n) is 9.36. The van der Waals surface area contributed by atoms with E-state index in [0.717, 1.165) is 78.7 Å². The van der Waals surface area contributed by atoms with E-state index in [0.29, 0.717) is 5.92 Å².